The standard InChI is InChI=1S/C9H6N4O2/c10-3-5-6-4-12-13(9(14)15)8(6)2-1-7(5)11/h1-2,4H,11H2,(H,14,15). The van der Waals surface area contributed by atoms with Gasteiger partial charge in [0.05, 0.1) is 23.0 Å². The fraction of sp³-hybridized carbons (Fsp3) is 0. The van der Waals surface area contributed by atoms with Crippen molar-refractivity contribution in [3.8, 4) is 6.07 Å². The molecule has 0 saturated heterocycles. The van der Waals surface area contributed by atoms with Crippen molar-refractivity contribution < 1.29 is 9.90 Å². The second-order valence-electron chi connectivity index (χ2n) is 2.91. The quantitative estimate of drug-likeness (QED) is 0.620. The van der Waals surface area contributed by atoms with Crippen molar-refractivity contribution in [1.82, 2.24) is 9.78 Å². The third-order valence-corrected chi connectivity index (χ3v) is 2.08. The molecule has 15 heavy (non-hydrogen) atoms. The maximum Gasteiger partial charge on any atom is 0.432 e. The first-order valence-corrected chi connectivity index (χ1v) is 4.04. The minimum absolute atomic E-state index is 0.250. The molecular formula is C9H6N4O2. The number of anilines is 1. The minimum Gasteiger partial charge on any atom is -0.463 e. The third-order valence-electron chi connectivity index (χ3n) is 2.08. The lowest BCUT2D eigenvalue weighted by molar-refractivity contribution is 0.194. The Hall–Kier alpha value is -2.55. The number of nitrogens with zero attached hydrogens (tertiary/aromatic N) is 3. The molecule has 0 saturated carbocycles. The van der Waals surface area contributed by atoms with Crippen molar-refractivity contribution in [1.29, 1.82) is 5.26 Å². The van der Waals surface area contributed by atoms with Gasteiger partial charge < -0.3 is 10.8 Å². The fourth-order valence-corrected chi connectivity index (χ4v) is 1.40. The highest BCUT2D eigenvalue weighted by molar-refractivity contribution is 5.93. The van der Waals surface area contributed by atoms with Gasteiger partial charge in [0, 0.05) is 5.39 Å². The van der Waals surface area contributed by atoms with Crippen molar-refractivity contribution in [2.24, 2.45) is 0 Å². The lowest BCUT2D eigenvalue weighted by Crippen LogP contribution is -2.09. The first-order chi connectivity index (χ1) is 7.15. The molecule has 0 aliphatic carbocycles. The Labute approximate surface area is 84.1 Å². The summed E-state index contributed by atoms with van der Waals surface area (Å²) >= 11 is 0. The van der Waals surface area contributed by atoms with Crippen LogP contribution in [0.5, 0.6) is 0 Å². The van der Waals surface area contributed by atoms with E-state index >= 15 is 0 Å². The SMILES string of the molecule is N#Cc1c(N)ccc2c1cnn2C(=O)O. The predicted molar refractivity (Wildman–Crippen MR) is 52.3 cm³/mol. The van der Waals surface area contributed by atoms with Crippen LogP contribution < -0.4 is 5.73 Å². The van der Waals surface area contributed by atoms with E-state index in [9.17, 15) is 4.79 Å². The van der Waals surface area contributed by atoms with Crippen LogP contribution in [0.3, 0.4) is 0 Å². The molecule has 1 heterocycles. The number of carboxylic acid groups (broad SMARTS) is 1. The number of hydrogen-bond acceptors (Lipinski definition) is 4. The summed E-state index contributed by atoms with van der Waals surface area (Å²) in [6.07, 6.45) is 0.122. The van der Waals surface area contributed by atoms with E-state index in [0.717, 1.165) is 4.68 Å². The van der Waals surface area contributed by atoms with Crippen molar-refractivity contribution >= 4 is 22.7 Å². The summed E-state index contributed by atoms with van der Waals surface area (Å²) in [5.41, 5.74) is 6.50. The number of fused-ring (bicyclic) bond motifs is 1. The monoisotopic (exact) mass is 202 g/mol. The highest BCUT2D eigenvalue weighted by atomic mass is 16.4. The lowest BCUT2D eigenvalue weighted by atomic mass is 10.1. The summed E-state index contributed by atoms with van der Waals surface area (Å²) in [5.74, 6) is 0. The van der Waals surface area contributed by atoms with Crippen molar-refractivity contribution in [2.45, 2.75) is 0 Å². The van der Waals surface area contributed by atoms with Crippen LogP contribution in [0.25, 0.3) is 10.9 Å². The lowest BCUT2D eigenvalue weighted by Gasteiger charge is -1.99. The molecule has 6 nitrogen and oxygen atoms in total. The molecule has 2 aromatic rings. The number of hydrogen-bond donors (Lipinski definition) is 2. The van der Waals surface area contributed by atoms with Crippen LogP contribution in [0, 0.1) is 11.3 Å². The third kappa shape index (κ3) is 1.18. The van der Waals surface area contributed by atoms with Crippen LogP contribution in [0.4, 0.5) is 10.5 Å². The topological polar surface area (TPSA) is 105 Å². The smallest absolute Gasteiger partial charge is 0.432 e. The molecule has 0 unspecified atom stereocenters. The molecule has 0 bridgehead atoms. The Morgan fingerprint density at radius 3 is 2.93 bits per heavy atom. The van der Waals surface area contributed by atoms with Crippen LogP contribution in [-0.4, -0.2) is 21.0 Å². The largest absolute Gasteiger partial charge is 0.463 e. The van der Waals surface area contributed by atoms with Gasteiger partial charge in [-0.1, -0.05) is 0 Å². The molecule has 0 fully saturated rings. The van der Waals surface area contributed by atoms with E-state index in [1.54, 1.807) is 0 Å². The zero-order chi connectivity index (χ0) is 11.0. The second-order valence-corrected chi connectivity index (χ2v) is 2.91. The van der Waals surface area contributed by atoms with Crippen LogP contribution in [0.1, 0.15) is 5.56 Å². The highest BCUT2D eigenvalue weighted by Gasteiger charge is 2.12. The molecular weight excluding hydrogens is 196 g/mol. The first kappa shape index (κ1) is 9.02. The number of carbonyl (C=O) groups is 1. The summed E-state index contributed by atoms with van der Waals surface area (Å²) in [5, 5.41) is 21.7. The number of aromatic nitrogens is 2. The Morgan fingerprint density at radius 2 is 2.33 bits per heavy atom. The van der Waals surface area contributed by atoms with Gasteiger partial charge in [-0.2, -0.15) is 15.0 Å². The number of nitrogens with two attached hydrogens (primary N) is 1. The van der Waals surface area contributed by atoms with Crippen LogP contribution >= 0.6 is 0 Å². The summed E-state index contributed by atoms with van der Waals surface area (Å²) in [4.78, 5) is 10.7. The van der Waals surface area contributed by atoms with Gasteiger partial charge in [-0.05, 0) is 12.1 Å². The van der Waals surface area contributed by atoms with E-state index < -0.39 is 6.09 Å². The van der Waals surface area contributed by atoms with Crippen molar-refractivity contribution in [2.75, 3.05) is 5.73 Å². The van der Waals surface area contributed by atoms with Gasteiger partial charge >= 0.3 is 6.09 Å². The van der Waals surface area contributed by atoms with Crippen LogP contribution in [0.2, 0.25) is 0 Å². The summed E-state index contributed by atoms with van der Waals surface area (Å²) in [6.45, 7) is 0. The van der Waals surface area contributed by atoms with Gasteiger partial charge in [-0.3, -0.25) is 0 Å². The molecule has 1 aromatic heterocycles. The number of rotatable bonds is 0. The number of nitriles is 1. The molecule has 0 spiro atoms. The van der Waals surface area contributed by atoms with E-state index in [0.29, 0.717) is 16.6 Å². The summed E-state index contributed by atoms with van der Waals surface area (Å²) in [6, 6.07) is 4.93. The normalized spacial score (nSPS) is 10.1. The molecule has 2 rings (SSSR count). The predicted octanol–water partition coefficient (Wildman–Crippen LogP) is 1.02. The molecule has 0 radical (unpaired) electrons. The Bertz CT molecular complexity index is 594. The molecule has 3 N–H and O–H groups in total. The maximum absolute atomic E-state index is 10.7. The second kappa shape index (κ2) is 2.99. The molecule has 0 aliphatic heterocycles. The molecule has 0 amide bonds. The number of nitrogen functional groups attached to an aromatic ring is 1. The van der Waals surface area contributed by atoms with Crippen molar-refractivity contribution in [3.63, 3.8) is 0 Å². The Morgan fingerprint density at radius 1 is 1.60 bits per heavy atom. The Kier molecular flexibility index (Phi) is 1.80. The van der Waals surface area contributed by atoms with Crippen molar-refractivity contribution in [3.05, 3.63) is 23.9 Å². The molecule has 6 heteroatoms. The summed E-state index contributed by atoms with van der Waals surface area (Å²) in [7, 11) is 0. The average molecular weight is 202 g/mol. The average Bonchev–Trinajstić information content (AvgIpc) is 2.61. The van der Waals surface area contributed by atoms with Crippen LogP contribution in [0.15, 0.2) is 18.3 Å². The van der Waals surface area contributed by atoms with Gasteiger partial charge in [0.25, 0.3) is 0 Å². The minimum atomic E-state index is -1.20. The fourth-order valence-electron chi connectivity index (χ4n) is 1.40. The molecule has 0 aliphatic rings. The van der Waals surface area contributed by atoms with Gasteiger partial charge in [0.15, 0.2) is 0 Å². The van der Waals surface area contributed by atoms with E-state index in [1.807, 2.05) is 6.07 Å². The maximum atomic E-state index is 10.7. The molecule has 74 valence electrons. The van der Waals surface area contributed by atoms with Crippen LogP contribution in [-0.2, 0) is 0 Å². The number of benzene rings is 1. The molecule has 0 atom stereocenters. The zero-order valence-corrected chi connectivity index (χ0v) is 7.51. The van der Waals surface area contributed by atoms with Gasteiger partial charge in [0.1, 0.15) is 6.07 Å². The first-order valence-electron chi connectivity index (χ1n) is 4.04. The highest BCUT2D eigenvalue weighted by Crippen LogP contribution is 2.23. The summed E-state index contributed by atoms with van der Waals surface area (Å²) < 4.78 is 0.801. The Balaban J connectivity index is 2.88. The van der Waals surface area contributed by atoms with Gasteiger partial charge in [-0.25, -0.2) is 4.79 Å². The molecule has 1 aromatic carbocycles. The van der Waals surface area contributed by atoms with E-state index in [-0.39, 0.29) is 5.56 Å². The van der Waals surface area contributed by atoms with E-state index in [1.165, 1.54) is 18.3 Å². The van der Waals surface area contributed by atoms with E-state index in [2.05, 4.69) is 5.10 Å². The van der Waals surface area contributed by atoms with Gasteiger partial charge in [-0.15, -0.1) is 0 Å². The van der Waals surface area contributed by atoms with Gasteiger partial charge in [0.2, 0.25) is 0 Å². The zero-order valence-electron chi connectivity index (χ0n) is 7.51. The van der Waals surface area contributed by atoms with E-state index in [4.69, 9.17) is 16.1 Å².